The Labute approximate surface area is 91.4 Å². The fourth-order valence-corrected chi connectivity index (χ4v) is 3.55. The third kappa shape index (κ3) is 1.31. The first-order valence-electron chi connectivity index (χ1n) is 4.23. The van der Waals surface area contributed by atoms with Gasteiger partial charge in [0.25, 0.3) is 0 Å². The van der Waals surface area contributed by atoms with Crippen molar-refractivity contribution in [2.75, 3.05) is 6.26 Å². The van der Waals surface area contributed by atoms with Crippen molar-refractivity contribution < 1.29 is 0 Å². The second kappa shape index (κ2) is 3.64. The van der Waals surface area contributed by atoms with E-state index >= 15 is 0 Å². The Balaban J connectivity index is 2.89. The van der Waals surface area contributed by atoms with Crippen LogP contribution in [0.1, 0.15) is 11.1 Å². The molecule has 2 aromatic rings. The number of benzene rings is 1. The maximum atomic E-state index is 8.96. The summed E-state index contributed by atoms with van der Waals surface area (Å²) >= 11 is 3.40. The largest absolute Gasteiger partial charge is 0.192 e. The molecule has 1 aromatic carbocycles. The first kappa shape index (κ1) is 9.57. The normalized spacial score (nSPS) is 10.4. The number of aryl methyl sites for hydroxylation is 1. The van der Waals surface area contributed by atoms with Gasteiger partial charge in [0.15, 0.2) is 0 Å². The molecule has 3 heteroatoms. The Morgan fingerprint density at radius 3 is 2.86 bits per heavy atom. The van der Waals surface area contributed by atoms with Gasteiger partial charge < -0.3 is 0 Å². The van der Waals surface area contributed by atoms with Crippen LogP contribution >= 0.6 is 23.1 Å². The van der Waals surface area contributed by atoms with Crippen molar-refractivity contribution in [3.63, 3.8) is 0 Å². The maximum absolute atomic E-state index is 8.96. The quantitative estimate of drug-likeness (QED) is 0.681. The number of hydrogen-bond donors (Lipinski definition) is 0. The summed E-state index contributed by atoms with van der Waals surface area (Å²) in [6.07, 6.45) is 2.07. The van der Waals surface area contributed by atoms with E-state index in [-0.39, 0.29) is 0 Å². The van der Waals surface area contributed by atoms with E-state index in [1.165, 1.54) is 15.8 Å². The summed E-state index contributed by atoms with van der Waals surface area (Å²) in [6.45, 7) is 2.09. The van der Waals surface area contributed by atoms with E-state index in [9.17, 15) is 0 Å². The lowest BCUT2D eigenvalue weighted by Gasteiger charge is -2.00. The first-order chi connectivity index (χ1) is 6.77. The Morgan fingerprint density at radius 1 is 1.43 bits per heavy atom. The van der Waals surface area contributed by atoms with E-state index in [2.05, 4.69) is 24.6 Å². The summed E-state index contributed by atoms with van der Waals surface area (Å²) in [4.78, 5) is 1.28. The zero-order valence-electron chi connectivity index (χ0n) is 8.00. The average molecular weight is 219 g/mol. The first-order valence-corrected chi connectivity index (χ1v) is 6.33. The molecular formula is C11H9NS2. The molecule has 0 atom stereocenters. The molecule has 0 N–H and O–H groups in total. The minimum Gasteiger partial charge on any atom is -0.192 e. The number of thiophene rings is 1. The summed E-state index contributed by atoms with van der Waals surface area (Å²) in [5.41, 5.74) is 2.04. The topological polar surface area (TPSA) is 23.8 Å². The maximum Gasteiger partial charge on any atom is 0.101 e. The van der Waals surface area contributed by atoms with Gasteiger partial charge >= 0.3 is 0 Å². The molecule has 2 rings (SSSR count). The van der Waals surface area contributed by atoms with Crippen molar-refractivity contribution in [1.29, 1.82) is 5.26 Å². The molecule has 1 aromatic heterocycles. The Bertz CT molecular complexity index is 520. The summed E-state index contributed by atoms with van der Waals surface area (Å²) in [7, 11) is 0. The van der Waals surface area contributed by atoms with Crippen LogP contribution < -0.4 is 0 Å². The highest BCUT2D eigenvalue weighted by Gasteiger charge is 2.09. The van der Waals surface area contributed by atoms with Crippen molar-refractivity contribution in [3.8, 4) is 6.07 Å². The summed E-state index contributed by atoms with van der Waals surface area (Å²) in [5, 5.41) is 12.3. The van der Waals surface area contributed by atoms with Crippen molar-refractivity contribution in [3.05, 3.63) is 28.6 Å². The van der Waals surface area contributed by atoms with Crippen LogP contribution in [0.4, 0.5) is 0 Å². The summed E-state index contributed by atoms with van der Waals surface area (Å²) in [6, 6.07) is 6.16. The molecule has 1 heterocycles. The molecule has 0 aliphatic heterocycles. The molecule has 70 valence electrons. The fourth-order valence-electron chi connectivity index (χ4n) is 1.52. The van der Waals surface area contributed by atoms with Crippen LogP contribution in [0.3, 0.4) is 0 Å². The molecule has 0 saturated heterocycles. The average Bonchev–Trinajstić information content (AvgIpc) is 2.63. The second-order valence-corrected chi connectivity index (χ2v) is 4.78. The second-order valence-electron chi connectivity index (χ2n) is 3.05. The van der Waals surface area contributed by atoms with E-state index in [1.54, 1.807) is 23.1 Å². The molecule has 0 radical (unpaired) electrons. The molecule has 0 fully saturated rings. The van der Waals surface area contributed by atoms with Crippen LogP contribution in [-0.2, 0) is 0 Å². The van der Waals surface area contributed by atoms with Gasteiger partial charge in [-0.1, -0.05) is 6.07 Å². The van der Waals surface area contributed by atoms with Crippen LogP contribution in [0.2, 0.25) is 0 Å². The highest BCUT2D eigenvalue weighted by atomic mass is 32.2. The lowest BCUT2D eigenvalue weighted by atomic mass is 10.1. The van der Waals surface area contributed by atoms with Gasteiger partial charge in [-0.15, -0.1) is 23.1 Å². The minimum atomic E-state index is 0.788. The summed E-state index contributed by atoms with van der Waals surface area (Å²) in [5.74, 6) is 0. The highest BCUT2D eigenvalue weighted by Crippen LogP contribution is 2.36. The van der Waals surface area contributed by atoms with Crippen LogP contribution in [0.25, 0.3) is 10.1 Å². The smallest absolute Gasteiger partial charge is 0.101 e. The zero-order chi connectivity index (χ0) is 10.1. The molecule has 1 nitrogen and oxygen atoms in total. The Kier molecular flexibility index (Phi) is 2.49. The third-order valence-corrected chi connectivity index (χ3v) is 4.16. The van der Waals surface area contributed by atoms with Gasteiger partial charge in [0, 0.05) is 15.7 Å². The van der Waals surface area contributed by atoms with Gasteiger partial charge in [-0.2, -0.15) is 5.26 Å². The van der Waals surface area contributed by atoms with Gasteiger partial charge in [0.05, 0.1) is 10.3 Å². The van der Waals surface area contributed by atoms with E-state index in [1.807, 2.05) is 12.1 Å². The predicted octanol–water partition coefficient (Wildman–Crippen LogP) is 3.80. The van der Waals surface area contributed by atoms with Crippen molar-refractivity contribution in [2.24, 2.45) is 0 Å². The molecule has 0 unspecified atom stereocenters. The number of nitriles is 1. The molecule has 0 spiro atoms. The number of thioether (sulfide) groups is 1. The lowest BCUT2D eigenvalue weighted by Crippen LogP contribution is -1.79. The van der Waals surface area contributed by atoms with E-state index < -0.39 is 0 Å². The standard InChI is InChI=1S/C11H9NS2/c1-7-3-4-8(5-12)11-10(7)9(13-2)6-14-11/h3-4,6H,1-2H3. The Morgan fingerprint density at radius 2 is 2.21 bits per heavy atom. The number of rotatable bonds is 1. The van der Waals surface area contributed by atoms with Gasteiger partial charge in [-0.25, -0.2) is 0 Å². The Hall–Kier alpha value is -0.980. The molecule has 0 amide bonds. The predicted molar refractivity (Wildman–Crippen MR) is 63.1 cm³/mol. The van der Waals surface area contributed by atoms with Gasteiger partial charge in [-0.05, 0) is 24.8 Å². The number of hydrogen-bond acceptors (Lipinski definition) is 3. The molecule has 14 heavy (non-hydrogen) atoms. The van der Waals surface area contributed by atoms with Crippen LogP contribution in [-0.4, -0.2) is 6.26 Å². The third-order valence-electron chi connectivity index (χ3n) is 2.24. The van der Waals surface area contributed by atoms with E-state index in [0.717, 1.165) is 10.3 Å². The highest BCUT2D eigenvalue weighted by molar-refractivity contribution is 7.99. The van der Waals surface area contributed by atoms with Crippen LogP contribution in [0, 0.1) is 18.3 Å². The van der Waals surface area contributed by atoms with Gasteiger partial charge in [0.1, 0.15) is 6.07 Å². The monoisotopic (exact) mass is 219 g/mol. The van der Waals surface area contributed by atoms with Crippen LogP contribution in [0.5, 0.6) is 0 Å². The number of fused-ring (bicyclic) bond motifs is 1. The molecular weight excluding hydrogens is 210 g/mol. The van der Waals surface area contributed by atoms with E-state index in [4.69, 9.17) is 5.26 Å². The number of nitrogens with zero attached hydrogens (tertiary/aromatic N) is 1. The molecule has 0 aliphatic carbocycles. The van der Waals surface area contributed by atoms with Crippen LogP contribution in [0.15, 0.2) is 22.4 Å². The fraction of sp³-hybridized carbons (Fsp3) is 0.182. The molecule has 0 bridgehead atoms. The minimum absolute atomic E-state index is 0.788. The van der Waals surface area contributed by atoms with E-state index in [0.29, 0.717) is 0 Å². The van der Waals surface area contributed by atoms with Gasteiger partial charge in [-0.3, -0.25) is 0 Å². The summed E-state index contributed by atoms with van der Waals surface area (Å²) < 4.78 is 1.12. The van der Waals surface area contributed by atoms with Crippen molar-refractivity contribution >= 4 is 33.2 Å². The van der Waals surface area contributed by atoms with Gasteiger partial charge in [0.2, 0.25) is 0 Å². The zero-order valence-corrected chi connectivity index (χ0v) is 9.63. The van der Waals surface area contributed by atoms with Crippen molar-refractivity contribution in [2.45, 2.75) is 11.8 Å². The van der Waals surface area contributed by atoms with Crippen molar-refractivity contribution in [1.82, 2.24) is 0 Å². The molecule has 0 aliphatic rings. The SMILES string of the molecule is CSc1csc2c(C#N)ccc(C)c12. The lowest BCUT2D eigenvalue weighted by molar-refractivity contribution is 1.47. The molecule has 0 saturated carbocycles.